The van der Waals surface area contributed by atoms with Crippen molar-refractivity contribution in [2.24, 2.45) is 0 Å². The van der Waals surface area contributed by atoms with Crippen molar-refractivity contribution in [3.8, 4) is 44.8 Å². The Hall–Kier alpha value is -6.64. The van der Waals surface area contributed by atoms with Crippen LogP contribution in [0.2, 0.25) is 0 Å². The fraction of sp³-hybridized carbons (Fsp3) is 0.0769. The summed E-state index contributed by atoms with van der Waals surface area (Å²) in [5.41, 5.74) is 14.5. The van der Waals surface area contributed by atoms with Crippen LogP contribution in [-0.4, -0.2) is 9.13 Å². The quantitative estimate of drug-likeness (QED) is 0.170. The molecule has 0 atom stereocenters. The number of benzene rings is 8. The van der Waals surface area contributed by atoms with Crippen molar-refractivity contribution in [2.45, 2.75) is 27.7 Å². The average Bonchev–Trinajstić information content (AvgIpc) is 3.79. The highest BCUT2D eigenvalue weighted by molar-refractivity contribution is 6.28. The van der Waals surface area contributed by atoms with Crippen molar-refractivity contribution >= 4 is 43.6 Å². The van der Waals surface area contributed by atoms with E-state index in [1.54, 1.807) is 0 Å². The Bertz CT molecular complexity index is 2820. The summed E-state index contributed by atoms with van der Waals surface area (Å²) in [6.45, 7) is 8.00. The second-order valence-electron chi connectivity index (χ2n) is 13.0. The monoisotopic (exact) mass is 696 g/mol. The standard InChI is InChI=1S/C48H32N2.2C2H6/c1-3-12-33(13-4-1)35-22-26-39(27-23-35)49-43-20-9-7-18-41(43)47-45(49)30-31-46-48(47)42-19-8-10-21-44(42)50(46)40-28-24-36(25-29-40)38-17-11-16-37(32-38)34-14-5-2-6-15-34;2*1-2/h1-32H;2*1-2H3. The van der Waals surface area contributed by atoms with Crippen LogP contribution in [0.3, 0.4) is 0 Å². The summed E-state index contributed by atoms with van der Waals surface area (Å²) in [4.78, 5) is 0. The lowest BCUT2D eigenvalue weighted by Crippen LogP contribution is -1.95. The number of nitrogens with zero attached hydrogens (tertiary/aromatic N) is 2. The van der Waals surface area contributed by atoms with Gasteiger partial charge in [-0.15, -0.1) is 0 Å². The molecule has 8 aromatic carbocycles. The number of hydrogen-bond acceptors (Lipinski definition) is 0. The average molecular weight is 697 g/mol. The number of rotatable bonds is 5. The van der Waals surface area contributed by atoms with Crippen molar-refractivity contribution in [3.63, 3.8) is 0 Å². The zero-order valence-corrected chi connectivity index (χ0v) is 31.4. The fourth-order valence-corrected chi connectivity index (χ4v) is 7.82. The zero-order valence-electron chi connectivity index (χ0n) is 31.4. The maximum Gasteiger partial charge on any atom is 0.0548 e. The minimum atomic E-state index is 1.15. The van der Waals surface area contributed by atoms with Crippen LogP contribution in [0, 0.1) is 0 Å². The second-order valence-corrected chi connectivity index (χ2v) is 13.0. The van der Waals surface area contributed by atoms with E-state index in [2.05, 4.69) is 203 Å². The summed E-state index contributed by atoms with van der Waals surface area (Å²) < 4.78 is 4.85. The molecule has 0 saturated heterocycles. The normalized spacial score (nSPS) is 11.0. The lowest BCUT2D eigenvalue weighted by Gasteiger charge is -2.11. The van der Waals surface area contributed by atoms with Crippen LogP contribution < -0.4 is 0 Å². The third-order valence-electron chi connectivity index (χ3n) is 10.1. The van der Waals surface area contributed by atoms with Crippen LogP contribution in [0.25, 0.3) is 88.4 Å². The Balaban J connectivity index is 0.00000100. The first-order valence-corrected chi connectivity index (χ1v) is 19.2. The van der Waals surface area contributed by atoms with Crippen molar-refractivity contribution in [3.05, 3.63) is 194 Å². The van der Waals surface area contributed by atoms with Crippen LogP contribution in [0.1, 0.15) is 27.7 Å². The molecule has 10 rings (SSSR count). The summed E-state index contributed by atoms with van der Waals surface area (Å²) in [6, 6.07) is 70.3. The summed E-state index contributed by atoms with van der Waals surface area (Å²) in [5, 5.41) is 5.09. The van der Waals surface area contributed by atoms with E-state index < -0.39 is 0 Å². The summed E-state index contributed by atoms with van der Waals surface area (Å²) >= 11 is 0. The first kappa shape index (κ1) is 34.4. The first-order chi connectivity index (χ1) is 26.8. The van der Waals surface area contributed by atoms with E-state index in [4.69, 9.17) is 0 Å². The maximum absolute atomic E-state index is 2.43. The predicted octanol–water partition coefficient (Wildman–Crippen LogP) is 14.9. The number of aromatic nitrogens is 2. The molecule has 0 bridgehead atoms. The van der Waals surface area contributed by atoms with Gasteiger partial charge in [0.15, 0.2) is 0 Å². The van der Waals surface area contributed by atoms with E-state index in [0.717, 1.165) is 11.4 Å². The smallest absolute Gasteiger partial charge is 0.0548 e. The molecule has 54 heavy (non-hydrogen) atoms. The molecule has 262 valence electrons. The predicted molar refractivity (Wildman–Crippen MR) is 234 cm³/mol. The highest BCUT2D eigenvalue weighted by Gasteiger charge is 2.20. The van der Waals surface area contributed by atoms with Gasteiger partial charge in [0.25, 0.3) is 0 Å². The minimum absolute atomic E-state index is 1.15. The topological polar surface area (TPSA) is 9.86 Å². The minimum Gasteiger partial charge on any atom is -0.309 e. The van der Waals surface area contributed by atoms with Gasteiger partial charge in [-0.05, 0) is 88.0 Å². The van der Waals surface area contributed by atoms with E-state index in [1.165, 1.54) is 77.0 Å². The molecule has 0 radical (unpaired) electrons. The number of para-hydroxylation sites is 2. The Morgan fingerprint density at radius 3 is 1.04 bits per heavy atom. The SMILES string of the molecule is CC.CC.c1ccc(-c2ccc(-n3c4ccccc4c4c5c6ccccc6n(-c6ccc(-c7cccc(-c8ccccc8)c7)cc6)c5ccc43)cc2)cc1. The molecule has 2 heteroatoms. The molecule has 0 fully saturated rings. The Kier molecular flexibility index (Phi) is 9.66. The number of hydrogen-bond donors (Lipinski definition) is 0. The molecular weight excluding hydrogens is 653 g/mol. The third-order valence-corrected chi connectivity index (χ3v) is 10.1. The van der Waals surface area contributed by atoms with E-state index in [-0.39, 0.29) is 0 Å². The van der Waals surface area contributed by atoms with Gasteiger partial charge in [0, 0.05) is 32.9 Å². The largest absolute Gasteiger partial charge is 0.309 e. The molecule has 0 aliphatic heterocycles. The van der Waals surface area contributed by atoms with Gasteiger partial charge in [0.2, 0.25) is 0 Å². The summed E-state index contributed by atoms with van der Waals surface area (Å²) in [5.74, 6) is 0. The van der Waals surface area contributed by atoms with Gasteiger partial charge in [-0.25, -0.2) is 0 Å². The van der Waals surface area contributed by atoms with Gasteiger partial charge in [-0.3, -0.25) is 0 Å². The molecular formula is C52H44N2. The Morgan fingerprint density at radius 1 is 0.259 bits per heavy atom. The van der Waals surface area contributed by atoms with Crippen molar-refractivity contribution in [2.75, 3.05) is 0 Å². The second kappa shape index (κ2) is 15.1. The molecule has 0 N–H and O–H groups in total. The van der Waals surface area contributed by atoms with E-state index in [0.29, 0.717) is 0 Å². The number of fused-ring (bicyclic) bond motifs is 7. The molecule has 2 nitrogen and oxygen atoms in total. The summed E-state index contributed by atoms with van der Waals surface area (Å²) in [7, 11) is 0. The highest BCUT2D eigenvalue weighted by Crippen LogP contribution is 2.42. The molecule has 2 aromatic heterocycles. The van der Waals surface area contributed by atoms with Crippen molar-refractivity contribution < 1.29 is 0 Å². The van der Waals surface area contributed by atoms with E-state index >= 15 is 0 Å². The third kappa shape index (κ3) is 5.96. The first-order valence-electron chi connectivity index (χ1n) is 19.2. The summed E-state index contributed by atoms with van der Waals surface area (Å²) in [6.07, 6.45) is 0. The molecule has 10 aromatic rings. The zero-order chi connectivity index (χ0) is 37.0. The highest BCUT2D eigenvalue weighted by atomic mass is 15.0. The van der Waals surface area contributed by atoms with Crippen LogP contribution in [0.15, 0.2) is 194 Å². The fourth-order valence-electron chi connectivity index (χ4n) is 7.82. The van der Waals surface area contributed by atoms with Crippen LogP contribution in [-0.2, 0) is 0 Å². The lowest BCUT2D eigenvalue weighted by molar-refractivity contribution is 1.17. The molecule has 0 spiro atoms. The Morgan fingerprint density at radius 2 is 0.593 bits per heavy atom. The molecule has 0 aliphatic rings. The van der Waals surface area contributed by atoms with Crippen LogP contribution >= 0.6 is 0 Å². The van der Waals surface area contributed by atoms with E-state index in [9.17, 15) is 0 Å². The van der Waals surface area contributed by atoms with Crippen LogP contribution in [0.4, 0.5) is 0 Å². The van der Waals surface area contributed by atoms with Gasteiger partial charge in [0.1, 0.15) is 0 Å². The molecule has 0 amide bonds. The van der Waals surface area contributed by atoms with Crippen molar-refractivity contribution in [1.82, 2.24) is 9.13 Å². The van der Waals surface area contributed by atoms with Crippen LogP contribution in [0.5, 0.6) is 0 Å². The van der Waals surface area contributed by atoms with Gasteiger partial charge in [-0.2, -0.15) is 0 Å². The van der Waals surface area contributed by atoms with Gasteiger partial charge < -0.3 is 9.13 Å². The van der Waals surface area contributed by atoms with Gasteiger partial charge >= 0.3 is 0 Å². The molecule has 0 saturated carbocycles. The maximum atomic E-state index is 2.43. The van der Waals surface area contributed by atoms with Gasteiger partial charge in [-0.1, -0.05) is 167 Å². The molecule has 0 aliphatic carbocycles. The van der Waals surface area contributed by atoms with Gasteiger partial charge in [0.05, 0.1) is 22.1 Å². The molecule has 0 unspecified atom stereocenters. The van der Waals surface area contributed by atoms with E-state index in [1.807, 2.05) is 27.7 Å². The lowest BCUT2D eigenvalue weighted by atomic mass is 9.99. The van der Waals surface area contributed by atoms with Crippen molar-refractivity contribution in [1.29, 1.82) is 0 Å². The molecule has 2 heterocycles. The Labute approximate surface area is 318 Å².